The van der Waals surface area contributed by atoms with E-state index in [0.717, 1.165) is 23.7 Å². The molecule has 0 spiro atoms. The van der Waals surface area contributed by atoms with Gasteiger partial charge in [-0.05, 0) is 60.2 Å². The van der Waals surface area contributed by atoms with Crippen LogP contribution in [0.15, 0.2) is 0 Å². The van der Waals surface area contributed by atoms with Gasteiger partial charge >= 0.3 is 0 Å². The molecule has 4 atom stereocenters. The minimum atomic E-state index is 0.619. The van der Waals surface area contributed by atoms with E-state index in [2.05, 4.69) is 27.7 Å². The fraction of sp³-hybridized carbons (Fsp3) is 1.00. The van der Waals surface area contributed by atoms with Crippen LogP contribution in [0.2, 0.25) is 0 Å². The third-order valence-electron chi connectivity index (χ3n) is 6.84. The van der Waals surface area contributed by atoms with E-state index in [1.165, 1.54) is 19.3 Å². The highest BCUT2D eigenvalue weighted by molar-refractivity contribution is 5.02. The molecule has 0 radical (unpaired) electrons. The Hall–Kier alpha value is 0. The van der Waals surface area contributed by atoms with E-state index < -0.39 is 0 Å². The van der Waals surface area contributed by atoms with E-state index in [-0.39, 0.29) is 0 Å². The third kappa shape index (κ3) is 1.87. The van der Waals surface area contributed by atoms with Crippen molar-refractivity contribution >= 4 is 0 Å². The first-order chi connectivity index (χ1) is 7.90. The Morgan fingerprint density at radius 1 is 0.706 bits per heavy atom. The first-order valence-electron chi connectivity index (χ1n) is 7.90. The summed E-state index contributed by atoms with van der Waals surface area (Å²) in [6.07, 6.45) is 10.7. The summed E-state index contributed by atoms with van der Waals surface area (Å²) in [7, 11) is 0. The zero-order valence-corrected chi connectivity index (χ0v) is 12.3. The zero-order chi connectivity index (χ0) is 12.3. The molecule has 3 aliphatic carbocycles. The van der Waals surface area contributed by atoms with E-state index in [1.807, 2.05) is 0 Å². The topological polar surface area (TPSA) is 0 Å². The van der Waals surface area contributed by atoms with Gasteiger partial charge in [0.05, 0.1) is 0 Å². The van der Waals surface area contributed by atoms with Crippen LogP contribution in [-0.4, -0.2) is 0 Å². The second-order valence-corrected chi connectivity index (χ2v) is 8.61. The summed E-state index contributed by atoms with van der Waals surface area (Å²) >= 11 is 0. The van der Waals surface area contributed by atoms with Crippen molar-refractivity contribution in [2.45, 2.75) is 72.6 Å². The molecule has 0 aromatic heterocycles. The lowest BCUT2D eigenvalue weighted by molar-refractivity contribution is -0.0721. The van der Waals surface area contributed by atoms with Crippen LogP contribution in [-0.2, 0) is 0 Å². The number of fused-ring (bicyclic) bond motifs is 2. The van der Waals surface area contributed by atoms with Crippen molar-refractivity contribution in [2.75, 3.05) is 0 Å². The molecule has 0 aromatic rings. The molecule has 17 heavy (non-hydrogen) atoms. The summed E-state index contributed by atoms with van der Waals surface area (Å²) in [6, 6.07) is 0. The highest BCUT2D eigenvalue weighted by Crippen LogP contribution is 2.61. The van der Waals surface area contributed by atoms with Crippen LogP contribution < -0.4 is 0 Å². The smallest absolute Gasteiger partial charge is 0.0323 e. The summed E-state index contributed by atoms with van der Waals surface area (Å²) in [5.41, 5.74) is 1.24. The van der Waals surface area contributed by atoms with E-state index in [9.17, 15) is 0 Å². The summed E-state index contributed by atoms with van der Waals surface area (Å²) < 4.78 is 0. The minimum Gasteiger partial charge on any atom is -0.0596 e. The molecule has 0 N–H and O–H groups in total. The summed E-state index contributed by atoms with van der Waals surface area (Å²) in [5, 5.41) is 0. The Balaban J connectivity index is 1.88. The maximum Gasteiger partial charge on any atom is -0.0323 e. The van der Waals surface area contributed by atoms with Gasteiger partial charge in [0.15, 0.2) is 0 Å². The van der Waals surface area contributed by atoms with Gasteiger partial charge in [-0.2, -0.15) is 0 Å². The molecule has 0 aromatic carbocycles. The molecule has 3 fully saturated rings. The Labute approximate surface area is 108 Å². The lowest BCUT2D eigenvalue weighted by Crippen LogP contribution is -2.48. The molecule has 0 heteroatoms. The van der Waals surface area contributed by atoms with Crippen LogP contribution in [0.5, 0.6) is 0 Å². The second-order valence-electron chi connectivity index (χ2n) is 8.61. The monoisotopic (exact) mass is 234 g/mol. The van der Waals surface area contributed by atoms with Gasteiger partial charge in [-0.1, -0.05) is 47.0 Å². The van der Waals surface area contributed by atoms with E-state index in [0.29, 0.717) is 10.8 Å². The van der Waals surface area contributed by atoms with Gasteiger partial charge in [-0.3, -0.25) is 0 Å². The molecule has 98 valence electrons. The van der Waals surface area contributed by atoms with Crippen molar-refractivity contribution < 1.29 is 0 Å². The van der Waals surface area contributed by atoms with Crippen molar-refractivity contribution in [3.05, 3.63) is 0 Å². The number of rotatable bonds is 0. The summed E-state index contributed by atoms with van der Waals surface area (Å²) in [6.45, 7) is 10.2. The Bertz CT molecular complexity index is 269. The Morgan fingerprint density at radius 3 is 1.53 bits per heavy atom. The molecule has 0 bridgehead atoms. The van der Waals surface area contributed by atoms with Gasteiger partial charge in [-0.15, -0.1) is 0 Å². The molecular formula is C17H30. The van der Waals surface area contributed by atoms with Crippen molar-refractivity contribution in [2.24, 2.45) is 34.5 Å². The lowest BCUT2D eigenvalue weighted by Gasteiger charge is -2.57. The van der Waals surface area contributed by atoms with E-state index in [4.69, 9.17) is 0 Å². The molecule has 0 heterocycles. The first kappa shape index (κ1) is 12.1. The van der Waals surface area contributed by atoms with Crippen molar-refractivity contribution in [3.8, 4) is 0 Å². The molecule has 0 nitrogen and oxygen atoms in total. The van der Waals surface area contributed by atoms with Crippen LogP contribution in [0.4, 0.5) is 0 Å². The predicted octanol–water partition coefficient (Wildman–Crippen LogP) is 5.28. The van der Waals surface area contributed by atoms with E-state index in [1.54, 1.807) is 25.7 Å². The molecule has 3 rings (SSSR count). The van der Waals surface area contributed by atoms with Crippen molar-refractivity contribution in [1.29, 1.82) is 0 Å². The normalized spacial score (nSPS) is 47.3. The van der Waals surface area contributed by atoms with Crippen molar-refractivity contribution in [3.63, 3.8) is 0 Å². The molecule has 4 unspecified atom stereocenters. The molecule has 0 aliphatic heterocycles. The third-order valence-corrected chi connectivity index (χ3v) is 6.84. The van der Waals surface area contributed by atoms with Gasteiger partial charge in [0.1, 0.15) is 0 Å². The first-order valence-corrected chi connectivity index (χ1v) is 7.90. The fourth-order valence-electron chi connectivity index (χ4n) is 5.46. The quantitative estimate of drug-likeness (QED) is 0.535. The van der Waals surface area contributed by atoms with Crippen LogP contribution in [0.1, 0.15) is 72.6 Å². The number of hydrogen-bond acceptors (Lipinski definition) is 0. The van der Waals surface area contributed by atoms with Crippen molar-refractivity contribution in [1.82, 2.24) is 0 Å². The average molecular weight is 234 g/mol. The predicted molar refractivity (Wildman–Crippen MR) is 73.8 cm³/mol. The molecular weight excluding hydrogens is 204 g/mol. The SMILES string of the molecule is CC1(C)CCC(C)(C)C2CC3CCCC3CC21. The minimum absolute atomic E-state index is 0.619. The largest absolute Gasteiger partial charge is 0.0596 e. The standard InChI is InChI=1S/C17H30/c1-16(2)8-9-17(3,4)15-11-13-7-5-6-12(13)10-14(15)16/h12-15H,5-11H2,1-4H3. The summed E-state index contributed by atoms with van der Waals surface area (Å²) in [5.74, 6) is 4.24. The van der Waals surface area contributed by atoms with E-state index >= 15 is 0 Å². The van der Waals surface area contributed by atoms with Gasteiger partial charge in [-0.25, -0.2) is 0 Å². The molecule has 3 aliphatic rings. The zero-order valence-electron chi connectivity index (χ0n) is 12.3. The molecule has 0 saturated heterocycles. The lowest BCUT2D eigenvalue weighted by atomic mass is 9.48. The fourth-order valence-corrected chi connectivity index (χ4v) is 5.46. The average Bonchev–Trinajstić information content (AvgIpc) is 2.70. The van der Waals surface area contributed by atoms with Gasteiger partial charge in [0.25, 0.3) is 0 Å². The summed E-state index contributed by atoms with van der Waals surface area (Å²) in [4.78, 5) is 0. The highest BCUT2D eigenvalue weighted by Gasteiger charge is 2.52. The van der Waals surface area contributed by atoms with Gasteiger partial charge < -0.3 is 0 Å². The Kier molecular flexibility index (Phi) is 2.66. The van der Waals surface area contributed by atoms with Crippen LogP contribution in [0, 0.1) is 34.5 Å². The van der Waals surface area contributed by atoms with Crippen LogP contribution >= 0.6 is 0 Å². The maximum absolute atomic E-state index is 2.55. The van der Waals surface area contributed by atoms with Gasteiger partial charge in [0.2, 0.25) is 0 Å². The number of hydrogen-bond donors (Lipinski definition) is 0. The van der Waals surface area contributed by atoms with Crippen LogP contribution in [0.3, 0.4) is 0 Å². The maximum atomic E-state index is 2.55. The van der Waals surface area contributed by atoms with Gasteiger partial charge in [0, 0.05) is 0 Å². The highest BCUT2D eigenvalue weighted by atomic mass is 14.6. The molecule has 0 amide bonds. The second kappa shape index (κ2) is 3.75. The van der Waals surface area contributed by atoms with Crippen LogP contribution in [0.25, 0.3) is 0 Å². The molecule has 3 saturated carbocycles. The Morgan fingerprint density at radius 2 is 1.12 bits per heavy atom.